The molecule has 0 spiro atoms. The zero-order valence-electron chi connectivity index (χ0n) is 12.6. The smallest absolute Gasteiger partial charge is 0.122 e. The van der Waals surface area contributed by atoms with Gasteiger partial charge in [0.1, 0.15) is 8.07 Å². The van der Waals surface area contributed by atoms with Crippen molar-refractivity contribution in [3.05, 3.63) is 11.5 Å². The van der Waals surface area contributed by atoms with Crippen molar-refractivity contribution in [1.82, 2.24) is 0 Å². The van der Waals surface area contributed by atoms with E-state index in [2.05, 4.69) is 32.6 Å². The Morgan fingerprint density at radius 1 is 0.941 bits per heavy atom. The normalized spacial score (nSPS) is 12.9. The van der Waals surface area contributed by atoms with Gasteiger partial charge in [0, 0.05) is 0 Å². The first-order valence-electron chi connectivity index (χ1n) is 7.27. The third-order valence-corrected chi connectivity index (χ3v) is 4.98. The van der Waals surface area contributed by atoms with Crippen LogP contribution < -0.4 is 0 Å². The summed E-state index contributed by atoms with van der Waals surface area (Å²) >= 11 is 0. The van der Waals surface area contributed by atoms with Crippen LogP contribution in [0.4, 0.5) is 0 Å². The molecule has 0 unspecified atom stereocenters. The first kappa shape index (κ1) is 16.8. The Morgan fingerprint density at radius 2 is 1.47 bits per heavy atom. The lowest BCUT2D eigenvalue weighted by atomic mass is 10.1. The average molecular weight is 257 g/mol. The van der Waals surface area contributed by atoms with E-state index in [4.69, 9.17) is 4.74 Å². The number of rotatable bonds is 10. The molecule has 0 fully saturated rings. The monoisotopic (exact) mass is 256 g/mol. The van der Waals surface area contributed by atoms with Crippen molar-refractivity contribution in [3.63, 3.8) is 0 Å². The van der Waals surface area contributed by atoms with E-state index in [9.17, 15) is 0 Å². The van der Waals surface area contributed by atoms with Crippen LogP contribution in [0.15, 0.2) is 11.5 Å². The number of allylic oxidation sites excluding steroid dienone is 1. The summed E-state index contributed by atoms with van der Waals surface area (Å²) in [6.45, 7) is 9.29. The molecule has 0 aromatic carbocycles. The summed E-state index contributed by atoms with van der Waals surface area (Å²) in [6.07, 6.45) is 13.2. The van der Waals surface area contributed by atoms with Crippen molar-refractivity contribution in [2.45, 2.75) is 77.9 Å². The molecule has 0 saturated heterocycles. The van der Waals surface area contributed by atoms with Crippen LogP contribution >= 0.6 is 0 Å². The molecule has 102 valence electrons. The molecule has 0 amide bonds. The van der Waals surface area contributed by atoms with E-state index in [0.717, 1.165) is 0 Å². The second-order valence-corrected chi connectivity index (χ2v) is 10.9. The molecular formula is C15H32OSi. The fourth-order valence-electron chi connectivity index (χ4n) is 2.03. The molecule has 0 aliphatic rings. The number of hydrogen-bond donors (Lipinski definition) is 0. The van der Waals surface area contributed by atoms with Crippen LogP contribution in [0.25, 0.3) is 0 Å². The van der Waals surface area contributed by atoms with Gasteiger partial charge in [-0.05, 0) is 12.8 Å². The highest BCUT2D eigenvalue weighted by molar-refractivity contribution is 6.82. The van der Waals surface area contributed by atoms with Crippen molar-refractivity contribution in [2.75, 3.05) is 7.11 Å². The second kappa shape index (κ2) is 9.75. The molecule has 2 heteroatoms. The van der Waals surface area contributed by atoms with Crippen LogP contribution in [-0.2, 0) is 4.74 Å². The van der Waals surface area contributed by atoms with E-state index < -0.39 is 8.07 Å². The maximum Gasteiger partial charge on any atom is 0.122 e. The van der Waals surface area contributed by atoms with Crippen molar-refractivity contribution >= 4 is 8.07 Å². The van der Waals surface area contributed by atoms with Crippen molar-refractivity contribution < 1.29 is 4.74 Å². The van der Waals surface area contributed by atoms with Gasteiger partial charge >= 0.3 is 0 Å². The van der Waals surface area contributed by atoms with Gasteiger partial charge < -0.3 is 4.74 Å². The van der Waals surface area contributed by atoms with E-state index >= 15 is 0 Å². The Bertz CT molecular complexity index is 203. The third-order valence-electron chi connectivity index (χ3n) is 3.10. The molecule has 0 rings (SSSR count). The first-order chi connectivity index (χ1) is 8.02. The maximum absolute atomic E-state index is 5.50. The van der Waals surface area contributed by atoms with Crippen LogP contribution in [-0.4, -0.2) is 15.2 Å². The summed E-state index contributed by atoms with van der Waals surface area (Å²) in [5.74, 6) is 0. The number of unbranched alkanes of at least 4 members (excludes halogenated alkanes) is 7. The summed E-state index contributed by atoms with van der Waals surface area (Å²) in [7, 11) is 0.580. The van der Waals surface area contributed by atoms with Gasteiger partial charge in [-0.3, -0.25) is 0 Å². The molecule has 0 radical (unpaired) electrons. The molecule has 0 N–H and O–H groups in total. The molecule has 0 aromatic rings. The lowest BCUT2D eigenvalue weighted by Gasteiger charge is -2.19. The summed E-state index contributed by atoms with van der Waals surface area (Å²) in [4.78, 5) is 0. The average Bonchev–Trinajstić information content (AvgIpc) is 2.25. The third kappa shape index (κ3) is 9.46. The van der Waals surface area contributed by atoms with Crippen LogP contribution in [0.5, 0.6) is 0 Å². The highest BCUT2D eigenvalue weighted by Gasteiger charge is 2.19. The van der Waals surface area contributed by atoms with Crippen LogP contribution in [0.3, 0.4) is 0 Å². The zero-order valence-corrected chi connectivity index (χ0v) is 13.6. The fraction of sp³-hybridized carbons (Fsp3) is 0.867. The topological polar surface area (TPSA) is 9.23 Å². The molecule has 0 atom stereocenters. The maximum atomic E-state index is 5.50. The quantitative estimate of drug-likeness (QED) is 0.283. The fourth-order valence-corrected chi connectivity index (χ4v) is 3.40. The van der Waals surface area contributed by atoms with Crippen molar-refractivity contribution in [3.8, 4) is 0 Å². The van der Waals surface area contributed by atoms with Crippen molar-refractivity contribution in [2.24, 2.45) is 0 Å². The minimum absolute atomic E-state index is 1.20. The van der Waals surface area contributed by atoms with Crippen molar-refractivity contribution in [1.29, 1.82) is 0 Å². The van der Waals surface area contributed by atoms with Gasteiger partial charge in [0.25, 0.3) is 0 Å². The molecule has 1 nitrogen and oxygen atoms in total. The van der Waals surface area contributed by atoms with Gasteiger partial charge in [-0.25, -0.2) is 0 Å². The number of hydrogen-bond acceptors (Lipinski definition) is 1. The Labute approximate surface area is 110 Å². The predicted molar refractivity (Wildman–Crippen MR) is 81.0 cm³/mol. The highest BCUT2D eigenvalue weighted by atomic mass is 28.3. The van der Waals surface area contributed by atoms with Gasteiger partial charge in [-0.2, -0.15) is 0 Å². The van der Waals surface area contributed by atoms with E-state index in [1.54, 1.807) is 0 Å². The van der Waals surface area contributed by atoms with Gasteiger partial charge in [0.15, 0.2) is 0 Å². The largest absolute Gasteiger partial charge is 0.507 e. The molecule has 17 heavy (non-hydrogen) atoms. The minimum Gasteiger partial charge on any atom is -0.507 e. The van der Waals surface area contributed by atoms with Crippen LogP contribution in [0, 0.1) is 0 Å². The van der Waals surface area contributed by atoms with Gasteiger partial charge in [0.05, 0.1) is 12.5 Å². The molecule has 0 aliphatic heterocycles. The van der Waals surface area contributed by atoms with E-state index in [1.165, 1.54) is 56.7 Å². The van der Waals surface area contributed by atoms with E-state index in [0.29, 0.717) is 0 Å². The van der Waals surface area contributed by atoms with Gasteiger partial charge in [0.2, 0.25) is 0 Å². The lowest BCUT2D eigenvalue weighted by Crippen LogP contribution is -2.25. The first-order valence-corrected chi connectivity index (χ1v) is 10.8. The molecular weight excluding hydrogens is 224 g/mol. The molecule has 0 aromatic heterocycles. The van der Waals surface area contributed by atoms with Crippen LogP contribution in [0.2, 0.25) is 19.6 Å². The predicted octanol–water partition coefficient (Wildman–Crippen LogP) is 5.53. The SMILES string of the molecule is CCCCCCCCC/C=C(\OC)[Si](C)(C)C. The summed E-state index contributed by atoms with van der Waals surface area (Å²) in [5.41, 5.74) is 0. The Morgan fingerprint density at radius 3 is 1.94 bits per heavy atom. The minimum atomic E-state index is -1.23. The van der Waals surface area contributed by atoms with E-state index in [1.807, 2.05) is 7.11 Å². The standard InChI is InChI=1S/C15H32OSi/c1-6-7-8-9-10-11-12-13-14-15(16-2)17(3,4)5/h14H,6-13H2,1-5H3/b15-14+. The Hall–Kier alpha value is -0.243. The summed E-state index contributed by atoms with van der Waals surface area (Å²) < 4.78 is 5.50. The molecule has 0 saturated carbocycles. The second-order valence-electron chi connectivity index (χ2n) is 5.93. The molecule has 0 aliphatic carbocycles. The highest BCUT2D eigenvalue weighted by Crippen LogP contribution is 2.17. The zero-order chi connectivity index (χ0) is 13.1. The molecule has 0 heterocycles. The number of methoxy groups -OCH3 is 1. The Balaban J connectivity index is 3.58. The summed E-state index contributed by atoms with van der Waals surface area (Å²) in [5, 5.41) is 1.27. The van der Waals surface area contributed by atoms with Crippen LogP contribution in [0.1, 0.15) is 58.3 Å². The number of ether oxygens (including phenoxy) is 1. The lowest BCUT2D eigenvalue weighted by molar-refractivity contribution is 0.314. The van der Waals surface area contributed by atoms with E-state index in [-0.39, 0.29) is 0 Å². The van der Waals surface area contributed by atoms with Gasteiger partial charge in [-0.15, -0.1) is 0 Å². The Kier molecular flexibility index (Phi) is 9.61. The molecule has 0 bridgehead atoms. The summed E-state index contributed by atoms with van der Waals surface area (Å²) in [6, 6.07) is 0. The van der Waals surface area contributed by atoms with Gasteiger partial charge in [-0.1, -0.05) is 71.2 Å².